The summed E-state index contributed by atoms with van der Waals surface area (Å²) in [4.78, 5) is 29.1. The smallest absolute Gasteiger partial charge is 0.297 e. The van der Waals surface area contributed by atoms with Gasteiger partial charge in [0.05, 0.1) is 24.6 Å². The molecule has 0 unspecified atom stereocenters. The number of carbonyl (C=O) groups is 2. The molecule has 9 heteroatoms. The van der Waals surface area contributed by atoms with E-state index in [9.17, 15) is 9.59 Å². The van der Waals surface area contributed by atoms with Gasteiger partial charge in [0, 0.05) is 47.1 Å². The Hall–Kier alpha value is -3.72. The topological polar surface area (TPSA) is 85.7 Å². The van der Waals surface area contributed by atoms with Gasteiger partial charge < -0.3 is 14.8 Å². The number of aromatic nitrogens is 2. The van der Waals surface area contributed by atoms with Crippen molar-refractivity contribution in [3.8, 4) is 11.4 Å². The second-order valence-electron chi connectivity index (χ2n) is 10.8. The molecule has 3 aromatic carbocycles. The number of fused-ring (bicyclic) bond motifs is 1. The average molecular weight is 561 g/mol. The van der Waals surface area contributed by atoms with Gasteiger partial charge in [-0.2, -0.15) is 5.10 Å². The minimum absolute atomic E-state index is 0.277. The number of anilines is 1. The van der Waals surface area contributed by atoms with E-state index in [4.69, 9.17) is 26.2 Å². The van der Waals surface area contributed by atoms with Crippen LogP contribution in [0.3, 0.4) is 0 Å². The minimum atomic E-state index is -0.755. The van der Waals surface area contributed by atoms with Crippen molar-refractivity contribution >= 4 is 39.9 Å². The zero-order valence-corrected chi connectivity index (χ0v) is 23.7. The Balaban J connectivity index is 1.38. The van der Waals surface area contributed by atoms with Gasteiger partial charge in [-0.3, -0.25) is 14.5 Å². The molecular formula is C31H33ClN4O4. The summed E-state index contributed by atoms with van der Waals surface area (Å²) in [7, 11) is 0. The molecule has 1 aliphatic heterocycles. The number of benzene rings is 3. The molecule has 1 amide bonds. The van der Waals surface area contributed by atoms with Crippen molar-refractivity contribution in [3.05, 3.63) is 83.0 Å². The molecule has 8 nitrogen and oxygen atoms in total. The molecule has 0 atom stereocenters. The van der Waals surface area contributed by atoms with Crippen LogP contribution in [0.4, 0.5) is 5.82 Å². The Labute approximate surface area is 238 Å². The Morgan fingerprint density at radius 2 is 1.75 bits per heavy atom. The van der Waals surface area contributed by atoms with E-state index in [1.54, 1.807) is 35.0 Å². The van der Waals surface area contributed by atoms with Crippen LogP contribution < -0.4 is 10.1 Å². The van der Waals surface area contributed by atoms with E-state index in [0.29, 0.717) is 39.8 Å². The van der Waals surface area contributed by atoms with E-state index in [1.165, 1.54) is 0 Å². The second kappa shape index (κ2) is 11.8. The Morgan fingerprint density at radius 1 is 1.00 bits per heavy atom. The van der Waals surface area contributed by atoms with E-state index in [-0.39, 0.29) is 5.41 Å². The predicted octanol–water partition coefficient (Wildman–Crippen LogP) is 5.51. The van der Waals surface area contributed by atoms with Crippen molar-refractivity contribution in [1.82, 2.24) is 14.7 Å². The van der Waals surface area contributed by atoms with Crippen molar-refractivity contribution in [2.24, 2.45) is 0 Å². The van der Waals surface area contributed by atoms with E-state index >= 15 is 0 Å². The zero-order valence-electron chi connectivity index (χ0n) is 22.9. The summed E-state index contributed by atoms with van der Waals surface area (Å²) in [6.07, 6.45) is 0. The molecular weight excluding hydrogens is 528 g/mol. The van der Waals surface area contributed by atoms with E-state index < -0.39 is 11.7 Å². The molecule has 0 saturated carbocycles. The van der Waals surface area contributed by atoms with Crippen molar-refractivity contribution in [1.29, 1.82) is 0 Å². The minimum Gasteiger partial charge on any atom is -0.492 e. The number of ether oxygens (including phenoxy) is 2. The third kappa shape index (κ3) is 6.20. The van der Waals surface area contributed by atoms with E-state index in [1.807, 2.05) is 57.2 Å². The van der Waals surface area contributed by atoms with Gasteiger partial charge >= 0.3 is 0 Å². The van der Waals surface area contributed by atoms with Crippen molar-refractivity contribution in [2.45, 2.75) is 26.2 Å². The second-order valence-corrected chi connectivity index (χ2v) is 11.2. The van der Waals surface area contributed by atoms with Gasteiger partial charge in [0.15, 0.2) is 0 Å². The average Bonchev–Trinajstić information content (AvgIpc) is 3.38. The van der Waals surface area contributed by atoms with Crippen LogP contribution in [0.5, 0.6) is 5.75 Å². The summed E-state index contributed by atoms with van der Waals surface area (Å²) >= 11 is 6.22. The van der Waals surface area contributed by atoms with Crippen LogP contribution in [0.25, 0.3) is 16.5 Å². The summed E-state index contributed by atoms with van der Waals surface area (Å²) < 4.78 is 13.1. The lowest BCUT2D eigenvalue weighted by Crippen LogP contribution is -2.38. The number of carbonyl (C=O) groups excluding carboxylic acids is 2. The first-order chi connectivity index (χ1) is 19.2. The van der Waals surface area contributed by atoms with Gasteiger partial charge in [0.25, 0.3) is 11.7 Å². The summed E-state index contributed by atoms with van der Waals surface area (Å²) in [6.45, 7) is 10.7. The molecule has 1 N–H and O–H groups in total. The van der Waals surface area contributed by atoms with E-state index in [2.05, 4.69) is 10.2 Å². The number of rotatable bonds is 8. The number of ketones is 1. The SMILES string of the molecule is CC(C)(C)c1cc(NC(=O)C(=O)c2ccc(OCCN3CCOCC3)c3ccccc23)n(-c2cccc(Cl)c2)n1. The third-order valence-electron chi connectivity index (χ3n) is 6.88. The summed E-state index contributed by atoms with van der Waals surface area (Å²) in [5, 5.41) is 9.47. The summed E-state index contributed by atoms with van der Waals surface area (Å²) in [5.74, 6) is -0.338. The number of halogens is 1. The number of morpholine rings is 1. The predicted molar refractivity (Wildman–Crippen MR) is 157 cm³/mol. The number of hydrogen-bond donors (Lipinski definition) is 1. The van der Waals surface area contributed by atoms with Crippen LogP contribution in [0.2, 0.25) is 5.02 Å². The molecule has 1 saturated heterocycles. The monoisotopic (exact) mass is 560 g/mol. The van der Waals surface area contributed by atoms with Gasteiger partial charge in [0.1, 0.15) is 18.2 Å². The van der Waals surface area contributed by atoms with Gasteiger partial charge in [-0.05, 0) is 35.7 Å². The van der Waals surface area contributed by atoms with Gasteiger partial charge in [-0.1, -0.05) is 62.7 Å². The Bertz CT molecular complexity index is 1540. The lowest BCUT2D eigenvalue weighted by Gasteiger charge is -2.26. The maximum absolute atomic E-state index is 13.5. The van der Waals surface area contributed by atoms with Crippen LogP contribution in [-0.4, -0.2) is 65.8 Å². The standard InChI is InChI=1S/C31H33ClN4O4/c1-31(2,3)27-20-28(36(34-27)22-8-6-7-21(32)19-22)33-30(38)29(37)25-11-12-26(24-10-5-4-9-23(24)25)40-18-15-35-13-16-39-17-14-35/h4-12,19-20H,13-18H2,1-3H3,(H,33,38). The number of nitrogens with one attached hydrogen (secondary N) is 1. The molecule has 5 rings (SSSR count). The number of amides is 1. The van der Waals surface area contributed by atoms with Crippen molar-refractivity contribution < 1.29 is 19.1 Å². The normalized spacial score (nSPS) is 14.3. The van der Waals surface area contributed by atoms with Gasteiger partial charge in [-0.25, -0.2) is 4.68 Å². The highest BCUT2D eigenvalue weighted by atomic mass is 35.5. The molecule has 4 aromatic rings. The zero-order chi connectivity index (χ0) is 28.3. The van der Waals surface area contributed by atoms with Crippen molar-refractivity contribution in [2.75, 3.05) is 44.8 Å². The van der Waals surface area contributed by atoms with Crippen molar-refractivity contribution in [3.63, 3.8) is 0 Å². The number of Topliss-reactive ketones (excluding diaryl/α,β-unsaturated/α-hetero) is 1. The molecule has 0 aliphatic carbocycles. The van der Waals surface area contributed by atoms with Crippen LogP contribution >= 0.6 is 11.6 Å². The Kier molecular flexibility index (Phi) is 8.21. The lowest BCUT2D eigenvalue weighted by atomic mass is 9.92. The van der Waals surface area contributed by atoms with Crippen LogP contribution in [0, 0.1) is 0 Å². The first-order valence-corrected chi connectivity index (χ1v) is 13.8. The fourth-order valence-electron chi connectivity index (χ4n) is 4.64. The third-order valence-corrected chi connectivity index (χ3v) is 7.11. The number of nitrogens with zero attached hydrogens (tertiary/aromatic N) is 3. The quantitative estimate of drug-likeness (QED) is 0.226. The summed E-state index contributed by atoms with van der Waals surface area (Å²) in [6, 6.07) is 19.8. The highest BCUT2D eigenvalue weighted by Crippen LogP contribution is 2.30. The maximum Gasteiger partial charge on any atom is 0.297 e. The molecule has 0 spiro atoms. The van der Waals surface area contributed by atoms with E-state index in [0.717, 1.165) is 43.9 Å². The Morgan fingerprint density at radius 3 is 2.48 bits per heavy atom. The fourth-order valence-corrected chi connectivity index (χ4v) is 4.83. The molecule has 208 valence electrons. The molecule has 0 radical (unpaired) electrons. The molecule has 0 bridgehead atoms. The van der Waals surface area contributed by atoms with Gasteiger partial charge in [0.2, 0.25) is 0 Å². The lowest BCUT2D eigenvalue weighted by molar-refractivity contribution is -0.112. The van der Waals surface area contributed by atoms with Crippen LogP contribution in [0.15, 0.2) is 66.7 Å². The molecule has 1 aromatic heterocycles. The molecule has 1 aliphatic rings. The molecule has 2 heterocycles. The van der Waals surface area contributed by atoms with Gasteiger partial charge in [-0.15, -0.1) is 0 Å². The maximum atomic E-state index is 13.5. The summed E-state index contributed by atoms with van der Waals surface area (Å²) in [5.41, 5.74) is 1.47. The first-order valence-electron chi connectivity index (χ1n) is 13.4. The largest absolute Gasteiger partial charge is 0.492 e. The molecule has 40 heavy (non-hydrogen) atoms. The van der Waals surface area contributed by atoms with Crippen LogP contribution in [0.1, 0.15) is 36.8 Å². The highest BCUT2D eigenvalue weighted by molar-refractivity contribution is 6.48. The number of hydrogen-bond acceptors (Lipinski definition) is 6. The highest BCUT2D eigenvalue weighted by Gasteiger charge is 2.25. The molecule has 1 fully saturated rings. The first kappa shape index (κ1) is 27.8. The fraction of sp³-hybridized carbons (Fsp3) is 0.323. The van der Waals surface area contributed by atoms with Crippen LogP contribution in [-0.2, 0) is 14.9 Å².